The third-order valence-electron chi connectivity index (χ3n) is 1.84. The fourth-order valence-electron chi connectivity index (χ4n) is 1.19. The van der Waals surface area contributed by atoms with Gasteiger partial charge in [-0.1, -0.05) is 11.6 Å². The quantitative estimate of drug-likeness (QED) is 0.311. The van der Waals surface area contributed by atoms with Crippen molar-refractivity contribution in [2.24, 2.45) is 11.5 Å². The molecule has 4 N–H and O–H groups in total. The Kier molecular flexibility index (Phi) is 2.23. The zero-order chi connectivity index (χ0) is 10.2. The lowest BCUT2D eigenvalue weighted by molar-refractivity contribution is -0.153. The molecule has 0 aliphatic carbocycles. The zero-order valence-electron chi connectivity index (χ0n) is 7.53. The maximum absolute atomic E-state index is 11.2. The Balaban J connectivity index is 3.08. The van der Waals surface area contributed by atoms with Crippen LogP contribution in [0.15, 0.2) is 11.6 Å². The molecule has 1 fully saturated rings. The van der Waals surface area contributed by atoms with E-state index in [1.54, 1.807) is 13.8 Å². The zero-order valence-corrected chi connectivity index (χ0v) is 7.53. The number of esters is 2. The average Bonchev–Trinajstić information content (AvgIpc) is 2.15. The van der Waals surface area contributed by atoms with Gasteiger partial charge in [0.15, 0.2) is 5.54 Å². The summed E-state index contributed by atoms with van der Waals surface area (Å²) in [6.45, 7) is 3.52. The van der Waals surface area contributed by atoms with E-state index in [0.29, 0.717) is 0 Å². The molecule has 0 aromatic heterocycles. The minimum atomic E-state index is -1.49. The Morgan fingerprint density at radius 2 is 2.08 bits per heavy atom. The van der Waals surface area contributed by atoms with Crippen LogP contribution in [0.5, 0.6) is 0 Å². The molecule has 0 bridgehead atoms. The molecule has 0 saturated carbocycles. The van der Waals surface area contributed by atoms with Crippen molar-refractivity contribution in [2.75, 3.05) is 0 Å². The minimum absolute atomic E-state index is 0.773. The Morgan fingerprint density at radius 3 is 2.38 bits per heavy atom. The van der Waals surface area contributed by atoms with Crippen LogP contribution in [0, 0.1) is 0 Å². The maximum Gasteiger partial charge on any atom is 0.340 e. The second-order valence-corrected chi connectivity index (χ2v) is 3.34. The topological polar surface area (TPSA) is 95.4 Å². The first-order valence-electron chi connectivity index (χ1n) is 3.84. The first-order valence-corrected chi connectivity index (χ1v) is 3.84. The maximum atomic E-state index is 11.2. The van der Waals surface area contributed by atoms with E-state index in [1.165, 1.54) is 6.08 Å². The Morgan fingerprint density at radius 1 is 1.54 bits per heavy atom. The third kappa shape index (κ3) is 1.48. The molecule has 1 rings (SSSR count). The van der Waals surface area contributed by atoms with Gasteiger partial charge in [-0.05, 0) is 13.8 Å². The van der Waals surface area contributed by atoms with E-state index >= 15 is 0 Å². The highest BCUT2D eigenvalue weighted by Crippen LogP contribution is 2.20. The van der Waals surface area contributed by atoms with Crippen molar-refractivity contribution in [3.8, 4) is 0 Å². The second kappa shape index (κ2) is 2.93. The van der Waals surface area contributed by atoms with Crippen LogP contribution in [-0.2, 0) is 14.3 Å². The van der Waals surface area contributed by atoms with Crippen molar-refractivity contribution in [1.82, 2.24) is 0 Å². The van der Waals surface area contributed by atoms with E-state index in [1.807, 2.05) is 0 Å². The molecule has 1 saturated heterocycles. The second-order valence-electron chi connectivity index (χ2n) is 3.34. The molecule has 1 aliphatic rings. The number of ether oxygens (including phenoxy) is 1. The van der Waals surface area contributed by atoms with Crippen LogP contribution in [-0.4, -0.2) is 23.5 Å². The molecule has 1 heterocycles. The lowest BCUT2D eigenvalue weighted by Gasteiger charge is -2.18. The van der Waals surface area contributed by atoms with Crippen LogP contribution in [0.2, 0.25) is 0 Å². The molecule has 1 aliphatic heterocycles. The van der Waals surface area contributed by atoms with Crippen molar-refractivity contribution in [2.45, 2.75) is 25.4 Å². The third-order valence-corrected chi connectivity index (χ3v) is 1.84. The molecule has 13 heavy (non-hydrogen) atoms. The van der Waals surface area contributed by atoms with Gasteiger partial charge in [0.25, 0.3) is 0 Å². The molecule has 2 atom stereocenters. The van der Waals surface area contributed by atoms with E-state index in [9.17, 15) is 9.59 Å². The Labute approximate surface area is 75.7 Å². The molecule has 0 aromatic carbocycles. The van der Waals surface area contributed by atoms with Crippen LogP contribution in [0.1, 0.15) is 13.8 Å². The summed E-state index contributed by atoms with van der Waals surface area (Å²) in [7, 11) is 0. The summed E-state index contributed by atoms with van der Waals surface area (Å²) in [6, 6.07) is -1.10. The Hall–Kier alpha value is -1.20. The van der Waals surface area contributed by atoms with Crippen LogP contribution < -0.4 is 11.5 Å². The van der Waals surface area contributed by atoms with Crippen molar-refractivity contribution in [3.05, 3.63) is 11.6 Å². The van der Waals surface area contributed by atoms with E-state index in [0.717, 1.165) is 5.57 Å². The predicted molar refractivity (Wildman–Crippen MR) is 45.4 cm³/mol. The van der Waals surface area contributed by atoms with E-state index in [4.69, 9.17) is 11.5 Å². The Bertz CT molecular complexity index is 294. The van der Waals surface area contributed by atoms with Crippen LogP contribution in [0.3, 0.4) is 0 Å². The molecule has 0 amide bonds. The molecule has 0 aromatic rings. The number of rotatable bonds is 1. The average molecular weight is 184 g/mol. The standard InChI is InChI=1S/C8H12N2O3/c1-4(2)3-8(10)5(9)6(11)13-7(8)12/h3,5H,9-10H2,1-2H3. The number of carbonyl (C=O) groups excluding carboxylic acids is 2. The van der Waals surface area contributed by atoms with Gasteiger partial charge in [-0.2, -0.15) is 0 Å². The summed E-state index contributed by atoms with van der Waals surface area (Å²) < 4.78 is 4.32. The smallest absolute Gasteiger partial charge is 0.340 e. The molecular weight excluding hydrogens is 172 g/mol. The van der Waals surface area contributed by atoms with Gasteiger partial charge in [-0.15, -0.1) is 0 Å². The van der Waals surface area contributed by atoms with Gasteiger partial charge in [-0.3, -0.25) is 0 Å². The van der Waals surface area contributed by atoms with Gasteiger partial charge in [-0.25, -0.2) is 9.59 Å². The number of allylic oxidation sites excluding steroid dienone is 1. The summed E-state index contributed by atoms with van der Waals surface area (Å²) in [6.07, 6.45) is 1.45. The summed E-state index contributed by atoms with van der Waals surface area (Å²) in [5.74, 6) is -1.56. The minimum Gasteiger partial charge on any atom is -0.390 e. The first kappa shape index (κ1) is 9.88. The van der Waals surface area contributed by atoms with Crippen molar-refractivity contribution in [1.29, 1.82) is 0 Å². The molecule has 5 heteroatoms. The van der Waals surface area contributed by atoms with Crippen LogP contribution >= 0.6 is 0 Å². The molecular formula is C8H12N2O3. The van der Waals surface area contributed by atoms with Crippen LogP contribution in [0.25, 0.3) is 0 Å². The fraction of sp³-hybridized carbons (Fsp3) is 0.500. The lowest BCUT2D eigenvalue weighted by atomic mass is 9.92. The highest BCUT2D eigenvalue weighted by Gasteiger charge is 2.52. The van der Waals surface area contributed by atoms with Crippen LogP contribution in [0.4, 0.5) is 0 Å². The van der Waals surface area contributed by atoms with Gasteiger partial charge in [0.1, 0.15) is 6.04 Å². The van der Waals surface area contributed by atoms with Gasteiger partial charge in [0.2, 0.25) is 0 Å². The fourth-order valence-corrected chi connectivity index (χ4v) is 1.19. The number of nitrogens with two attached hydrogens (primary N) is 2. The van der Waals surface area contributed by atoms with Crippen molar-refractivity contribution >= 4 is 11.9 Å². The van der Waals surface area contributed by atoms with Crippen molar-refractivity contribution in [3.63, 3.8) is 0 Å². The number of carbonyl (C=O) groups is 2. The van der Waals surface area contributed by atoms with Gasteiger partial charge in [0.05, 0.1) is 0 Å². The number of hydrogen-bond acceptors (Lipinski definition) is 5. The molecule has 2 unspecified atom stereocenters. The molecule has 72 valence electrons. The number of hydrogen-bond donors (Lipinski definition) is 2. The molecule has 5 nitrogen and oxygen atoms in total. The summed E-state index contributed by atoms with van der Waals surface area (Å²) in [5.41, 5.74) is 10.4. The lowest BCUT2D eigenvalue weighted by Crippen LogP contribution is -2.56. The van der Waals surface area contributed by atoms with Gasteiger partial charge >= 0.3 is 11.9 Å². The molecule has 0 spiro atoms. The van der Waals surface area contributed by atoms with Gasteiger partial charge < -0.3 is 16.2 Å². The van der Waals surface area contributed by atoms with E-state index < -0.39 is 23.5 Å². The highest BCUT2D eigenvalue weighted by atomic mass is 16.6. The summed E-state index contributed by atoms with van der Waals surface area (Å²) in [5, 5.41) is 0. The van der Waals surface area contributed by atoms with Gasteiger partial charge in [0, 0.05) is 0 Å². The summed E-state index contributed by atoms with van der Waals surface area (Å²) in [4.78, 5) is 22.1. The highest BCUT2D eigenvalue weighted by molar-refractivity contribution is 6.05. The molecule has 0 radical (unpaired) electrons. The van der Waals surface area contributed by atoms with Crippen molar-refractivity contribution < 1.29 is 14.3 Å². The first-order chi connectivity index (χ1) is 5.88. The van der Waals surface area contributed by atoms with E-state index in [-0.39, 0.29) is 0 Å². The summed E-state index contributed by atoms with van der Waals surface area (Å²) >= 11 is 0. The SMILES string of the molecule is CC(C)=CC1(N)C(=O)OC(=O)C1N. The normalized spacial score (nSPS) is 33.1. The predicted octanol–water partition coefficient (Wildman–Crippen LogP) is -0.939. The largest absolute Gasteiger partial charge is 0.390 e. The number of cyclic esters (lactones) is 2. The monoisotopic (exact) mass is 184 g/mol. The van der Waals surface area contributed by atoms with E-state index in [2.05, 4.69) is 4.74 Å².